The van der Waals surface area contributed by atoms with E-state index in [4.69, 9.17) is 18.7 Å². The third-order valence-electron chi connectivity index (χ3n) is 5.34. The highest BCUT2D eigenvalue weighted by molar-refractivity contribution is 5.81. The Balaban J connectivity index is 1.73. The molecule has 1 aliphatic rings. The number of rotatable bonds is 9. The van der Waals surface area contributed by atoms with E-state index in [1.807, 2.05) is 6.07 Å². The van der Waals surface area contributed by atoms with Gasteiger partial charge >= 0.3 is 0 Å². The second kappa shape index (κ2) is 9.93. The summed E-state index contributed by atoms with van der Waals surface area (Å²) < 4.78 is 21.8. The van der Waals surface area contributed by atoms with Gasteiger partial charge in [-0.05, 0) is 37.4 Å². The van der Waals surface area contributed by atoms with Gasteiger partial charge in [-0.3, -0.25) is 9.69 Å². The highest BCUT2D eigenvalue weighted by Crippen LogP contribution is 2.43. The summed E-state index contributed by atoms with van der Waals surface area (Å²) >= 11 is 0. The van der Waals surface area contributed by atoms with Crippen molar-refractivity contribution in [3.8, 4) is 28.6 Å². The number of Topliss-reactive ketones (excluding diaryl/α,β-unsaturated/α-hetero) is 1. The van der Waals surface area contributed by atoms with Crippen molar-refractivity contribution in [3.05, 3.63) is 18.0 Å². The normalized spacial score (nSPS) is 17.2. The molecule has 1 aromatic carbocycles. The van der Waals surface area contributed by atoms with E-state index >= 15 is 0 Å². The lowest BCUT2D eigenvalue weighted by Gasteiger charge is -2.31. The van der Waals surface area contributed by atoms with Gasteiger partial charge in [0.25, 0.3) is 0 Å². The van der Waals surface area contributed by atoms with Crippen LogP contribution in [0.25, 0.3) is 11.4 Å². The van der Waals surface area contributed by atoms with Crippen LogP contribution in [0.5, 0.6) is 17.2 Å². The molecule has 1 aliphatic heterocycles. The molecule has 0 unspecified atom stereocenters. The fourth-order valence-electron chi connectivity index (χ4n) is 3.93. The van der Waals surface area contributed by atoms with E-state index in [0.29, 0.717) is 59.2 Å². The Hall–Kier alpha value is -2.61. The summed E-state index contributed by atoms with van der Waals surface area (Å²) in [5.74, 6) is 3.31. The van der Waals surface area contributed by atoms with Gasteiger partial charge in [0.1, 0.15) is 5.78 Å². The lowest BCUT2D eigenvalue weighted by molar-refractivity contribution is -0.125. The van der Waals surface area contributed by atoms with Crippen molar-refractivity contribution in [3.63, 3.8) is 0 Å². The molecule has 0 N–H and O–H groups in total. The molecule has 8 nitrogen and oxygen atoms in total. The van der Waals surface area contributed by atoms with E-state index in [9.17, 15) is 4.79 Å². The molecule has 0 aliphatic carbocycles. The van der Waals surface area contributed by atoms with Crippen LogP contribution < -0.4 is 14.2 Å². The summed E-state index contributed by atoms with van der Waals surface area (Å²) in [4.78, 5) is 19.2. The van der Waals surface area contributed by atoms with Crippen LogP contribution in [0, 0.1) is 11.8 Å². The first-order chi connectivity index (χ1) is 14.5. The van der Waals surface area contributed by atoms with Gasteiger partial charge < -0.3 is 18.7 Å². The zero-order valence-electron chi connectivity index (χ0n) is 18.4. The van der Waals surface area contributed by atoms with Crippen LogP contribution >= 0.6 is 0 Å². The van der Waals surface area contributed by atoms with Crippen molar-refractivity contribution >= 4 is 5.78 Å². The molecule has 1 aromatic heterocycles. The van der Waals surface area contributed by atoms with E-state index in [1.165, 1.54) is 0 Å². The molecular formula is C22H31N3O5. The minimum absolute atomic E-state index is 0.0921. The summed E-state index contributed by atoms with van der Waals surface area (Å²) in [6.45, 7) is 6.35. The maximum Gasteiger partial charge on any atom is 0.241 e. The Morgan fingerprint density at radius 2 is 1.97 bits per heavy atom. The average Bonchev–Trinajstić information content (AvgIpc) is 3.20. The fraction of sp³-hybridized carbons (Fsp3) is 0.591. The lowest BCUT2D eigenvalue weighted by Crippen LogP contribution is -2.38. The van der Waals surface area contributed by atoms with Crippen LogP contribution in [-0.4, -0.2) is 55.2 Å². The van der Waals surface area contributed by atoms with Crippen molar-refractivity contribution < 1.29 is 23.5 Å². The number of piperidine rings is 1. The summed E-state index contributed by atoms with van der Waals surface area (Å²) in [6.07, 6.45) is 2.60. The second-order valence-electron chi connectivity index (χ2n) is 8.03. The van der Waals surface area contributed by atoms with E-state index < -0.39 is 0 Å². The van der Waals surface area contributed by atoms with Crippen molar-refractivity contribution in [2.24, 2.45) is 11.8 Å². The van der Waals surface area contributed by atoms with Gasteiger partial charge in [0.15, 0.2) is 11.5 Å². The molecule has 1 saturated heterocycles. The van der Waals surface area contributed by atoms with Gasteiger partial charge in [0, 0.05) is 18.9 Å². The van der Waals surface area contributed by atoms with Gasteiger partial charge in [0.05, 0.1) is 33.4 Å². The minimum atomic E-state index is 0.0921. The Kier molecular flexibility index (Phi) is 7.31. The highest BCUT2D eigenvalue weighted by Gasteiger charge is 2.27. The standard InChI is InChI=1S/C22H31N3O5/c1-14(2)11-17(26)15-7-6-10-25(12-15)13-19-23-22(24-30-19)16-8-9-18(27-3)21(29-5)20(16)28-4/h8-9,14-15H,6-7,10-13H2,1-5H3/t15-/m0/s1. The van der Waals surface area contributed by atoms with Crippen LogP contribution in [-0.2, 0) is 11.3 Å². The lowest BCUT2D eigenvalue weighted by atomic mass is 9.89. The number of carbonyl (C=O) groups is 1. The summed E-state index contributed by atoms with van der Waals surface area (Å²) in [7, 11) is 4.68. The van der Waals surface area contributed by atoms with Crippen LogP contribution in [0.4, 0.5) is 0 Å². The molecule has 0 amide bonds. The minimum Gasteiger partial charge on any atom is -0.493 e. The largest absolute Gasteiger partial charge is 0.493 e. The molecule has 2 aromatic rings. The number of ether oxygens (including phenoxy) is 3. The summed E-state index contributed by atoms with van der Waals surface area (Å²) in [5.41, 5.74) is 0.661. The van der Waals surface area contributed by atoms with Crippen LogP contribution in [0.15, 0.2) is 16.7 Å². The molecule has 0 bridgehead atoms. The van der Waals surface area contributed by atoms with E-state index in [-0.39, 0.29) is 5.92 Å². The molecule has 2 heterocycles. The Morgan fingerprint density at radius 1 is 1.20 bits per heavy atom. The summed E-state index contributed by atoms with van der Waals surface area (Å²) in [5, 5.41) is 4.13. The third-order valence-corrected chi connectivity index (χ3v) is 5.34. The monoisotopic (exact) mass is 417 g/mol. The van der Waals surface area contributed by atoms with Gasteiger partial charge in [-0.1, -0.05) is 19.0 Å². The number of nitrogens with zero attached hydrogens (tertiary/aromatic N) is 3. The Bertz CT molecular complexity index is 864. The second-order valence-corrected chi connectivity index (χ2v) is 8.03. The van der Waals surface area contributed by atoms with Gasteiger partial charge in [-0.15, -0.1) is 0 Å². The van der Waals surface area contributed by atoms with Crippen molar-refractivity contribution in [1.29, 1.82) is 0 Å². The first-order valence-electron chi connectivity index (χ1n) is 10.3. The molecule has 164 valence electrons. The molecule has 0 saturated carbocycles. The number of ketones is 1. The number of likely N-dealkylation sites (tertiary alicyclic amines) is 1. The molecule has 30 heavy (non-hydrogen) atoms. The number of aromatic nitrogens is 2. The number of hydrogen-bond donors (Lipinski definition) is 0. The predicted molar refractivity (Wildman–Crippen MR) is 112 cm³/mol. The van der Waals surface area contributed by atoms with Gasteiger partial charge in [-0.25, -0.2) is 0 Å². The zero-order chi connectivity index (χ0) is 21.7. The van der Waals surface area contributed by atoms with Crippen molar-refractivity contribution in [2.45, 2.75) is 39.7 Å². The van der Waals surface area contributed by atoms with Crippen molar-refractivity contribution in [2.75, 3.05) is 34.4 Å². The molecular weight excluding hydrogens is 386 g/mol. The Labute approximate surface area is 177 Å². The maximum atomic E-state index is 12.5. The fourth-order valence-corrected chi connectivity index (χ4v) is 3.93. The molecule has 1 fully saturated rings. The first-order valence-corrected chi connectivity index (χ1v) is 10.3. The number of methoxy groups -OCH3 is 3. The molecule has 3 rings (SSSR count). The Morgan fingerprint density at radius 3 is 2.63 bits per heavy atom. The predicted octanol–water partition coefficient (Wildman–Crippen LogP) is 3.59. The number of hydrogen-bond acceptors (Lipinski definition) is 8. The van der Waals surface area contributed by atoms with Gasteiger partial charge in [-0.2, -0.15) is 4.98 Å². The topological polar surface area (TPSA) is 86.9 Å². The average molecular weight is 418 g/mol. The molecule has 0 radical (unpaired) electrons. The third kappa shape index (κ3) is 4.92. The number of carbonyl (C=O) groups excluding carboxylic acids is 1. The van der Waals surface area contributed by atoms with Crippen LogP contribution in [0.1, 0.15) is 39.0 Å². The SMILES string of the molecule is COc1ccc(-c2noc(CN3CCC[C@H](C(=O)CC(C)C)C3)n2)c(OC)c1OC. The molecule has 0 spiro atoms. The maximum absolute atomic E-state index is 12.5. The van der Waals surface area contributed by atoms with Gasteiger partial charge in [0.2, 0.25) is 17.5 Å². The molecule has 1 atom stereocenters. The van der Waals surface area contributed by atoms with Crippen LogP contribution in [0.3, 0.4) is 0 Å². The number of benzene rings is 1. The van der Waals surface area contributed by atoms with Crippen molar-refractivity contribution in [1.82, 2.24) is 15.0 Å². The smallest absolute Gasteiger partial charge is 0.241 e. The van der Waals surface area contributed by atoms with E-state index in [1.54, 1.807) is 27.4 Å². The first kappa shape index (κ1) is 22.1. The highest BCUT2D eigenvalue weighted by atomic mass is 16.5. The zero-order valence-corrected chi connectivity index (χ0v) is 18.4. The summed E-state index contributed by atoms with van der Waals surface area (Å²) in [6, 6.07) is 3.60. The van der Waals surface area contributed by atoms with E-state index in [2.05, 4.69) is 28.9 Å². The van der Waals surface area contributed by atoms with E-state index in [0.717, 1.165) is 25.9 Å². The molecule has 8 heteroatoms. The van der Waals surface area contributed by atoms with Crippen LogP contribution in [0.2, 0.25) is 0 Å². The quantitative estimate of drug-likeness (QED) is 0.612.